The highest BCUT2D eigenvalue weighted by Crippen LogP contribution is 2.26. The first-order valence-corrected chi connectivity index (χ1v) is 8.11. The molecule has 0 aromatic carbocycles. The van der Waals surface area contributed by atoms with E-state index in [0.717, 1.165) is 12.8 Å². The zero-order chi connectivity index (χ0) is 13.9. The minimum Gasteiger partial charge on any atom is -0.478 e. The Bertz CT molecular complexity index is 513. The van der Waals surface area contributed by atoms with Gasteiger partial charge in [-0.05, 0) is 25.3 Å². The highest BCUT2D eigenvalue weighted by molar-refractivity contribution is 7.89. The van der Waals surface area contributed by atoms with Crippen molar-refractivity contribution in [3.8, 4) is 5.88 Å². The molecule has 0 radical (unpaired) electrons. The molecule has 1 saturated heterocycles. The third kappa shape index (κ3) is 3.06. The Hall–Kier alpha value is -1.14. The molecule has 6 heteroatoms. The number of nitrogens with zero attached hydrogens (tertiary/aromatic N) is 2. The van der Waals surface area contributed by atoms with Gasteiger partial charge < -0.3 is 4.74 Å². The van der Waals surface area contributed by atoms with Gasteiger partial charge in [-0.1, -0.05) is 13.3 Å². The normalized spacial score (nSPS) is 20.6. The number of hydrogen-bond donors (Lipinski definition) is 0. The van der Waals surface area contributed by atoms with Crippen molar-refractivity contribution >= 4 is 10.0 Å². The van der Waals surface area contributed by atoms with E-state index in [2.05, 4.69) is 11.9 Å². The first-order chi connectivity index (χ1) is 9.07. The fourth-order valence-electron chi connectivity index (χ4n) is 2.25. The van der Waals surface area contributed by atoms with Crippen molar-refractivity contribution < 1.29 is 13.2 Å². The molecule has 0 amide bonds. The summed E-state index contributed by atoms with van der Waals surface area (Å²) in [6, 6.07) is 3.16. The zero-order valence-corrected chi connectivity index (χ0v) is 12.2. The van der Waals surface area contributed by atoms with Crippen molar-refractivity contribution in [2.45, 2.75) is 31.6 Å². The van der Waals surface area contributed by atoms with Crippen LogP contribution in [0.4, 0.5) is 0 Å². The van der Waals surface area contributed by atoms with Crippen molar-refractivity contribution in [2.75, 3.05) is 19.7 Å². The molecule has 1 aromatic rings. The van der Waals surface area contributed by atoms with E-state index in [1.807, 2.05) is 6.92 Å². The molecule has 2 rings (SSSR count). The van der Waals surface area contributed by atoms with E-state index in [1.54, 1.807) is 16.4 Å². The summed E-state index contributed by atoms with van der Waals surface area (Å²) in [7, 11) is -3.40. The van der Waals surface area contributed by atoms with Gasteiger partial charge >= 0.3 is 0 Å². The molecule has 19 heavy (non-hydrogen) atoms. The van der Waals surface area contributed by atoms with Gasteiger partial charge in [0.15, 0.2) is 0 Å². The third-order valence-corrected chi connectivity index (χ3v) is 5.31. The third-order valence-electron chi connectivity index (χ3n) is 3.47. The molecule has 1 aliphatic rings. The van der Waals surface area contributed by atoms with Crippen LogP contribution in [0.15, 0.2) is 23.2 Å². The van der Waals surface area contributed by atoms with Gasteiger partial charge in [0.1, 0.15) is 4.90 Å². The predicted molar refractivity (Wildman–Crippen MR) is 72.6 cm³/mol. The molecule has 0 spiro atoms. The predicted octanol–water partition coefficient (Wildman–Crippen LogP) is 1.90. The topological polar surface area (TPSA) is 59.5 Å². The lowest BCUT2D eigenvalue weighted by atomic mass is 10.1. The van der Waals surface area contributed by atoms with Gasteiger partial charge in [0.2, 0.25) is 15.9 Å². The molecule has 1 fully saturated rings. The van der Waals surface area contributed by atoms with Crippen LogP contribution in [0, 0.1) is 5.92 Å². The van der Waals surface area contributed by atoms with Crippen LogP contribution in [0.2, 0.25) is 0 Å². The highest BCUT2D eigenvalue weighted by Gasteiger charge is 2.31. The summed E-state index contributed by atoms with van der Waals surface area (Å²) < 4.78 is 31.6. The summed E-state index contributed by atoms with van der Waals surface area (Å²) in [5.41, 5.74) is 0. The average Bonchev–Trinajstić information content (AvgIpc) is 2.89. The molecule has 0 N–H and O–H groups in total. The minimum absolute atomic E-state index is 0.243. The standard InChI is InChI=1S/C13H20N2O3S/c1-3-11-7-8-15(10-11)19(16,17)12-5-6-13(14-9-12)18-4-2/h5-6,9,11H,3-4,7-8,10H2,1-2H3/t11-/m1/s1. The fourth-order valence-corrected chi connectivity index (χ4v) is 3.73. The van der Waals surface area contributed by atoms with Crippen molar-refractivity contribution in [3.05, 3.63) is 18.3 Å². The Kier molecular flexibility index (Phi) is 4.42. The van der Waals surface area contributed by atoms with Crippen LogP contribution in [-0.2, 0) is 10.0 Å². The van der Waals surface area contributed by atoms with Crippen LogP contribution in [0.5, 0.6) is 5.88 Å². The van der Waals surface area contributed by atoms with Gasteiger partial charge in [0, 0.05) is 19.2 Å². The summed E-state index contributed by atoms with van der Waals surface area (Å²) in [6.45, 7) is 5.70. The number of pyridine rings is 1. The van der Waals surface area contributed by atoms with Gasteiger partial charge in [-0.3, -0.25) is 0 Å². The maximum atomic E-state index is 12.4. The second kappa shape index (κ2) is 5.88. The first-order valence-electron chi connectivity index (χ1n) is 6.67. The van der Waals surface area contributed by atoms with Gasteiger partial charge in [0.25, 0.3) is 0 Å². The lowest BCUT2D eigenvalue weighted by Crippen LogP contribution is -2.28. The van der Waals surface area contributed by atoms with Crippen LogP contribution in [-0.4, -0.2) is 37.4 Å². The Labute approximate surface area is 114 Å². The summed E-state index contributed by atoms with van der Waals surface area (Å²) in [5, 5.41) is 0. The zero-order valence-electron chi connectivity index (χ0n) is 11.4. The van der Waals surface area contributed by atoms with Crippen LogP contribution in [0.3, 0.4) is 0 Å². The van der Waals surface area contributed by atoms with Gasteiger partial charge in [-0.15, -0.1) is 0 Å². The highest BCUT2D eigenvalue weighted by atomic mass is 32.2. The summed E-state index contributed by atoms with van der Waals surface area (Å²) >= 11 is 0. The van der Waals surface area contributed by atoms with Crippen LogP contribution < -0.4 is 4.74 Å². The lowest BCUT2D eigenvalue weighted by molar-refractivity contribution is 0.326. The molecule has 1 atom stereocenters. The number of ether oxygens (including phenoxy) is 1. The van der Waals surface area contributed by atoms with E-state index in [1.165, 1.54) is 6.20 Å². The Balaban J connectivity index is 2.15. The second-order valence-corrected chi connectivity index (χ2v) is 6.63. The Morgan fingerprint density at radius 3 is 2.74 bits per heavy atom. The molecular weight excluding hydrogens is 264 g/mol. The number of hydrogen-bond acceptors (Lipinski definition) is 4. The largest absolute Gasteiger partial charge is 0.478 e. The SMILES string of the molecule is CCOc1ccc(S(=O)(=O)N2CC[C@@H](CC)C2)cn1. The summed E-state index contributed by atoms with van der Waals surface area (Å²) in [6.07, 6.45) is 3.34. The van der Waals surface area contributed by atoms with Gasteiger partial charge in [-0.2, -0.15) is 4.31 Å². The lowest BCUT2D eigenvalue weighted by Gasteiger charge is -2.16. The molecule has 1 aliphatic heterocycles. The van der Waals surface area contributed by atoms with E-state index >= 15 is 0 Å². The van der Waals surface area contributed by atoms with Crippen molar-refractivity contribution in [2.24, 2.45) is 5.92 Å². The van der Waals surface area contributed by atoms with E-state index in [9.17, 15) is 8.42 Å². The number of rotatable bonds is 5. The van der Waals surface area contributed by atoms with Crippen molar-refractivity contribution in [1.82, 2.24) is 9.29 Å². The summed E-state index contributed by atoms with van der Waals surface area (Å²) in [5.74, 6) is 0.930. The van der Waals surface area contributed by atoms with Crippen LogP contribution in [0.25, 0.3) is 0 Å². The first kappa shape index (κ1) is 14.3. The monoisotopic (exact) mass is 284 g/mol. The smallest absolute Gasteiger partial charge is 0.244 e. The van der Waals surface area contributed by atoms with Crippen molar-refractivity contribution in [1.29, 1.82) is 0 Å². The number of sulfonamides is 1. The molecule has 0 unspecified atom stereocenters. The molecule has 1 aromatic heterocycles. The molecule has 106 valence electrons. The van der Waals surface area contributed by atoms with Crippen LogP contribution >= 0.6 is 0 Å². The van der Waals surface area contributed by atoms with Gasteiger partial charge in [0.05, 0.1) is 12.8 Å². The fraction of sp³-hybridized carbons (Fsp3) is 0.615. The molecule has 2 heterocycles. The van der Waals surface area contributed by atoms with Crippen LogP contribution in [0.1, 0.15) is 26.7 Å². The quantitative estimate of drug-likeness (QED) is 0.828. The van der Waals surface area contributed by atoms with Crippen molar-refractivity contribution in [3.63, 3.8) is 0 Å². The number of aromatic nitrogens is 1. The molecular formula is C13H20N2O3S. The molecule has 5 nitrogen and oxygen atoms in total. The Morgan fingerprint density at radius 1 is 1.42 bits per heavy atom. The van der Waals surface area contributed by atoms with E-state index < -0.39 is 10.0 Å². The Morgan fingerprint density at radius 2 is 2.21 bits per heavy atom. The average molecular weight is 284 g/mol. The summed E-state index contributed by atoms with van der Waals surface area (Å²) in [4.78, 5) is 4.26. The minimum atomic E-state index is -3.40. The maximum absolute atomic E-state index is 12.4. The second-order valence-electron chi connectivity index (χ2n) is 4.69. The van der Waals surface area contributed by atoms with E-state index in [4.69, 9.17) is 4.74 Å². The van der Waals surface area contributed by atoms with Gasteiger partial charge in [-0.25, -0.2) is 13.4 Å². The molecule has 0 saturated carbocycles. The molecule has 0 bridgehead atoms. The van der Waals surface area contributed by atoms with E-state index in [0.29, 0.717) is 31.5 Å². The molecule has 0 aliphatic carbocycles. The van der Waals surface area contributed by atoms with E-state index in [-0.39, 0.29) is 4.90 Å². The maximum Gasteiger partial charge on any atom is 0.244 e.